The summed E-state index contributed by atoms with van der Waals surface area (Å²) in [6, 6.07) is 0.658. The first-order valence-corrected chi connectivity index (χ1v) is 6.02. The van der Waals surface area contributed by atoms with E-state index in [-0.39, 0.29) is 0 Å². The predicted octanol–water partition coefficient (Wildman–Crippen LogP) is 3.34. The molecule has 1 rings (SSSR count). The highest BCUT2D eigenvalue weighted by molar-refractivity contribution is 4.66. The van der Waals surface area contributed by atoms with Gasteiger partial charge in [0.25, 0.3) is 0 Å². The van der Waals surface area contributed by atoms with E-state index in [4.69, 9.17) is 0 Å². The van der Waals surface area contributed by atoms with Gasteiger partial charge in [-0.25, -0.2) is 0 Å². The van der Waals surface area contributed by atoms with E-state index < -0.39 is 0 Å². The maximum atomic E-state index is 3.51. The first kappa shape index (κ1) is 11.0. The molecule has 1 saturated carbocycles. The minimum absolute atomic E-state index is 0.658. The molecule has 1 heteroatoms. The molecule has 13 heavy (non-hydrogen) atoms. The maximum absolute atomic E-state index is 3.51. The Hall–Kier alpha value is -0.0400. The minimum Gasteiger partial charge on any atom is -0.315 e. The third-order valence-electron chi connectivity index (χ3n) is 3.08. The van der Waals surface area contributed by atoms with Crippen molar-refractivity contribution in [1.29, 1.82) is 0 Å². The van der Waals surface area contributed by atoms with Gasteiger partial charge >= 0.3 is 0 Å². The molecule has 1 N–H and O–H groups in total. The fourth-order valence-corrected chi connectivity index (χ4v) is 2.23. The lowest BCUT2D eigenvalue weighted by atomic mass is 9.97. The molecule has 1 fully saturated rings. The van der Waals surface area contributed by atoms with Gasteiger partial charge in [0.2, 0.25) is 0 Å². The number of nitrogens with one attached hydrogen (secondary N) is 1. The van der Waals surface area contributed by atoms with Gasteiger partial charge in [-0.2, -0.15) is 0 Å². The first-order chi connectivity index (χ1) is 6.29. The Morgan fingerprint density at radius 3 is 2.23 bits per heavy atom. The average Bonchev–Trinajstić information content (AvgIpc) is 2.32. The van der Waals surface area contributed by atoms with Gasteiger partial charge < -0.3 is 5.32 Å². The summed E-state index contributed by atoms with van der Waals surface area (Å²) in [6.07, 6.45) is 10.3. The number of rotatable bonds is 4. The Morgan fingerprint density at radius 2 is 1.69 bits per heavy atom. The minimum atomic E-state index is 0.658. The van der Waals surface area contributed by atoms with Crippen LogP contribution in [-0.4, -0.2) is 12.6 Å². The van der Waals surface area contributed by atoms with Crippen molar-refractivity contribution in [3.8, 4) is 0 Å². The van der Waals surface area contributed by atoms with Crippen LogP contribution in [0.1, 0.15) is 58.8 Å². The van der Waals surface area contributed by atoms with Crippen LogP contribution in [-0.2, 0) is 0 Å². The molecule has 0 bridgehead atoms. The molecule has 78 valence electrons. The van der Waals surface area contributed by atoms with Crippen LogP contribution in [0.2, 0.25) is 0 Å². The lowest BCUT2D eigenvalue weighted by Gasteiger charge is -2.15. The van der Waals surface area contributed by atoms with Crippen LogP contribution in [0.4, 0.5) is 0 Å². The van der Waals surface area contributed by atoms with Gasteiger partial charge in [-0.3, -0.25) is 0 Å². The molecule has 0 aliphatic heterocycles. The van der Waals surface area contributed by atoms with Gasteiger partial charge in [0, 0.05) is 6.04 Å². The van der Waals surface area contributed by atoms with Gasteiger partial charge in [0.15, 0.2) is 0 Å². The molecule has 1 nitrogen and oxygen atoms in total. The Morgan fingerprint density at radius 1 is 1.08 bits per heavy atom. The van der Waals surface area contributed by atoms with Crippen molar-refractivity contribution in [3.05, 3.63) is 0 Å². The van der Waals surface area contributed by atoms with Gasteiger partial charge in [-0.05, 0) is 18.9 Å². The van der Waals surface area contributed by atoms with Crippen LogP contribution in [0.5, 0.6) is 0 Å². The largest absolute Gasteiger partial charge is 0.315 e. The van der Waals surface area contributed by atoms with Crippen LogP contribution in [0.25, 0.3) is 0 Å². The lowest BCUT2D eigenvalue weighted by Crippen LogP contribution is -2.25. The molecule has 0 amide bonds. The van der Waals surface area contributed by atoms with E-state index in [2.05, 4.69) is 19.2 Å². The third kappa shape index (κ3) is 5.30. The molecule has 0 radical (unpaired) electrons. The monoisotopic (exact) mass is 183 g/mol. The summed E-state index contributed by atoms with van der Waals surface area (Å²) < 4.78 is 0. The molecular weight excluding hydrogens is 158 g/mol. The predicted molar refractivity (Wildman–Crippen MR) is 58.9 cm³/mol. The molecule has 0 aromatic rings. The fourth-order valence-electron chi connectivity index (χ4n) is 2.23. The number of hydrogen-bond acceptors (Lipinski definition) is 1. The molecule has 1 aliphatic carbocycles. The van der Waals surface area contributed by atoms with E-state index in [1.807, 2.05) is 0 Å². The topological polar surface area (TPSA) is 12.0 Å². The first-order valence-electron chi connectivity index (χ1n) is 6.02. The molecule has 0 unspecified atom stereocenters. The van der Waals surface area contributed by atoms with Gasteiger partial charge in [0.1, 0.15) is 0 Å². The highest BCUT2D eigenvalue weighted by Crippen LogP contribution is 2.24. The second-order valence-electron chi connectivity index (χ2n) is 4.76. The third-order valence-corrected chi connectivity index (χ3v) is 3.08. The molecule has 0 aromatic heterocycles. The summed E-state index contributed by atoms with van der Waals surface area (Å²) >= 11 is 0. The summed E-state index contributed by atoms with van der Waals surface area (Å²) in [4.78, 5) is 0. The quantitative estimate of drug-likeness (QED) is 0.659. The van der Waals surface area contributed by atoms with Crippen LogP contribution < -0.4 is 5.32 Å². The fraction of sp³-hybridized carbons (Fsp3) is 1.00. The summed E-state index contributed by atoms with van der Waals surface area (Å²) in [7, 11) is 0. The standard InChI is InChI=1S/C12H25N/c1-11(2)13-10-9-12-7-5-3-4-6-8-12/h11-13H,3-10H2,1-2H3. The highest BCUT2D eigenvalue weighted by Gasteiger charge is 2.11. The highest BCUT2D eigenvalue weighted by atomic mass is 14.9. The Labute approximate surface area is 83.3 Å². The van der Waals surface area contributed by atoms with Crippen molar-refractivity contribution in [3.63, 3.8) is 0 Å². The molecule has 1 aliphatic rings. The average molecular weight is 183 g/mol. The molecule has 0 spiro atoms. The molecule has 0 heterocycles. The van der Waals surface area contributed by atoms with Crippen molar-refractivity contribution >= 4 is 0 Å². The Balaban J connectivity index is 2.05. The van der Waals surface area contributed by atoms with Crippen LogP contribution in [0.3, 0.4) is 0 Å². The van der Waals surface area contributed by atoms with E-state index in [0.29, 0.717) is 6.04 Å². The molecule has 0 atom stereocenters. The van der Waals surface area contributed by atoms with Crippen molar-refractivity contribution in [2.45, 2.75) is 64.8 Å². The smallest absolute Gasteiger partial charge is 0.00103 e. The van der Waals surface area contributed by atoms with E-state index >= 15 is 0 Å². The maximum Gasteiger partial charge on any atom is 0.00103 e. The van der Waals surface area contributed by atoms with Crippen molar-refractivity contribution in [1.82, 2.24) is 5.32 Å². The van der Waals surface area contributed by atoms with E-state index in [1.165, 1.54) is 51.5 Å². The molecular formula is C12H25N. The Kier molecular flexibility index (Phi) is 5.45. The van der Waals surface area contributed by atoms with Gasteiger partial charge in [-0.15, -0.1) is 0 Å². The summed E-state index contributed by atoms with van der Waals surface area (Å²) in [5.74, 6) is 1.02. The van der Waals surface area contributed by atoms with Crippen LogP contribution >= 0.6 is 0 Å². The zero-order valence-electron chi connectivity index (χ0n) is 9.31. The number of hydrogen-bond donors (Lipinski definition) is 1. The summed E-state index contributed by atoms with van der Waals surface area (Å²) in [6.45, 7) is 5.68. The molecule has 0 aromatic carbocycles. The van der Waals surface area contributed by atoms with Crippen molar-refractivity contribution in [2.75, 3.05) is 6.54 Å². The summed E-state index contributed by atoms with van der Waals surface area (Å²) in [5.41, 5.74) is 0. The van der Waals surface area contributed by atoms with Crippen molar-refractivity contribution < 1.29 is 0 Å². The zero-order chi connectivity index (χ0) is 9.52. The van der Waals surface area contributed by atoms with Gasteiger partial charge in [0.05, 0.1) is 0 Å². The Bertz CT molecular complexity index is 112. The second kappa shape index (κ2) is 6.42. The zero-order valence-corrected chi connectivity index (χ0v) is 9.31. The van der Waals surface area contributed by atoms with E-state index in [1.54, 1.807) is 0 Å². The SMILES string of the molecule is CC(C)NCCC1CCCCCC1. The van der Waals surface area contributed by atoms with E-state index in [9.17, 15) is 0 Å². The van der Waals surface area contributed by atoms with Crippen LogP contribution in [0.15, 0.2) is 0 Å². The van der Waals surface area contributed by atoms with Gasteiger partial charge in [-0.1, -0.05) is 52.4 Å². The normalized spacial score (nSPS) is 20.5. The van der Waals surface area contributed by atoms with Crippen LogP contribution in [0, 0.1) is 5.92 Å². The molecule has 0 saturated heterocycles. The second-order valence-corrected chi connectivity index (χ2v) is 4.76. The van der Waals surface area contributed by atoms with E-state index in [0.717, 1.165) is 5.92 Å². The van der Waals surface area contributed by atoms with Crippen molar-refractivity contribution in [2.24, 2.45) is 5.92 Å². The summed E-state index contributed by atoms with van der Waals surface area (Å²) in [5, 5.41) is 3.51. The lowest BCUT2D eigenvalue weighted by molar-refractivity contribution is 0.406.